The van der Waals surface area contributed by atoms with Gasteiger partial charge in [-0.1, -0.05) is 51.0 Å². The molecule has 26 heavy (non-hydrogen) atoms. The van der Waals surface area contributed by atoms with Gasteiger partial charge in [0.1, 0.15) is 5.70 Å². The molecule has 136 valence electrons. The molecule has 2 aromatic carbocycles. The van der Waals surface area contributed by atoms with E-state index in [0.29, 0.717) is 17.8 Å². The van der Waals surface area contributed by atoms with Crippen LogP contribution in [-0.4, -0.2) is 24.7 Å². The molecule has 3 rings (SSSR count). The zero-order valence-corrected chi connectivity index (χ0v) is 15.5. The molecule has 0 amide bonds. The molecule has 0 aliphatic heterocycles. The fraction of sp³-hybridized carbons (Fsp3) is 0.364. The average molecular weight is 350 g/mol. The van der Waals surface area contributed by atoms with Gasteiger partial charge in [0.2, 0.25) is 5.78 Å². The number of unbranched alkanes of at least 4 members (excludes halogenated alkanes) is 2. The van der Waals surface area contributed by atoms with Gasteiger partial charge in [-0.15, -0.1) is 0 Å². The molecule has 0 radical (unpaired) electrons. The van der Waals surface area contributed by atoms with E-state index in [1.54, 1.807) is 0 Å². The quantitative estimate of drug-likeness (QED) is 0.557. The first-order valence-corrected chi connectivity index (χ1v) is 9.51. The van der Waals surface area contributed by atoms with E-state index in [1.165, 1.54) is 0 Å². The van der Waals surface area contributed by atoms with Crippen LogP contribution in [0.25, 0.3) is 16.5 Å². The second kappa shape index (κ2) is 8.17. The van der Waals surface area contributed by atoms with Gasteiger partial charge in [-0.2, -0.15) is 0 Å². The van der Waals surface area contributed by atoms with E-state index < -0.39 is 11.6 Å². The lowest BCUT2D eigenvalue weighted by atomic mass is 9.88. The molecular formula is C22H26N2O2. The van der Waals surface area contributed by atoms with Crippen molar-refractivity contribution in [2.45, 2.75) is 39.5 Å². The Hall–Kier alpha value is -2.62. The summed E-state index contributed by atoms with van der Waals surface area (Å²) in [7, 11) is 0. The summed E-state index contributed by atoms with van der Waals surface area (Å²) in [5, 5.41) is 8.67. The van der Waals surface area contributed by atoms with E-state index in [0.717, 1.165) is 54.3 Å². The van der Waals surface area contributed by atoms with Gasteiger partial charge in [0, 0.05) is 24.2 Å². The summed E-state index contributed by atoms with van der Waals surface area (Å²) in [5.41, 5.74) is 2.50. The second-order valence-electron chi connectivity index (χ2n) is 6.71. The van der Waals surface area contributed by atoms with Gasteiger partial charge in [0.15, 0.2) is 0 Å². The summed E-state index contributed by atoms with van der Waals surface area (Å²) in [6, 6.07) is 11.8. The van der Waals surface area contributed by atoms with Gasteiger partial charge in [0.25, 0.3) is 5.78 Å². The third-order valence-electron chi connectivity index (χ3n) is 4.75. The van der Waals surface area contributed by atoms with Crippen LogP contribution in [0.4, 0.5) is 0 Å². The number of Topliss-reactive ketones (excluding diaryl/α,β-unsaturated/α-hetero) is 2. The second-order valence-corrected chi connectivity index (χ2v) is 6.71. The van der Waals surface area contributed by atoms with Crippen molar-refractivity contribution in [3.8, 4) is 0 Å². The van der Waals surface area contributed by atoms with Crippen LogP contribution in [0.3, 0.4) is 0 Å². The number of nitrogens with one attached hydrogen (secondary N) is 2. The lowest BCUT2D eigenvalue weighted by molar-refractivity contribution is -0.112. The topological polar surface area (TPSA) is 58.2 Å². The molecule has 4 nitrogen and oxygen atoms in total. The number of carbonyl (C=O) groups is 2. The lowest BCUT2D eigenvalue weighted by Crippen LogP contribution is -2.36. The minimum atomic E-state index is -0.442. The van der Waals surface area contributed by atoms with E-state index in [2.05, 4.69) is 24.5 Å². The molecule has 0 bridgehead atoms. The number of fused-ring (bicyclic) bond motifs is 2. The van der Waals surface area contributed by atoms with Crippen molar-refractivity contribution in [2.24, 2.45) is 0 Å². The summed E-state index contributed by atoms with van der Waals surface area (Å²) >= 11 is 0. The molecule has 4 heteroatoms. The van der Waals surface area contributed by atoms with Crippen molar-refractivity contribution < 1.29 is 9.59 Å². The third kappa shape index (κ3) is 3.50. The molecular weight excluding hydrogens is 324 g/mol. The van der Waals surface area contributed by atoms with Gasteiger partial charge >= 0.3 is 0 Å². The molecule has 0 spiro atoms. The maximum atomic E-state index is 12.8. The maximum Gasteiger partial charge on any atom is 0.251 e. The highest BCUT2D eigenvalue weighted by molar-refractivity contribution is 6.52. The number of allylic oxidation sites excluding steroid dienone is 1. The molecule has 1 aliphatic carbocycles. The molecule has 2 aromatic rings. The Morgan fingerprint density at radius 3 is 1.85 bits per heavy atom. The summed E-state index contributed by atoms with van der Waals surface area (Å²) < 4.78 is 0. The predicted octanol–water partition coefficient (Wildman–Crippen LogP) is 4.05. The largest absolute Gasteiger partial charge is 0.383 e. The minimum absolute atomic E-state index is 0.419. The zero-order valence-electron chi connectivity index (χ0n) is 15.5. The third-order valence-corrected chi connectivity index (χ3v) is 4.75. The molecule has 0 heterocycles. The fourth-order valence-electron chi connectivity index (χ4n) is 3.25. The van der Waals surface area contributed by atoms with Gasteiger partial charge in [0.05, 0.1) is 5.70 Å². The molecule has 0 atom stereocenters. The minimum Gasteiger partial charge on any atom is -0.383 e. The number of hydrogen-bond donors (Lipinski definition) is 2. The van der Waals surface area contributed by atoms with E-state index >= 15 is 0 Å². The van der Waals surface area contributed by atoms with Crippen LogP contribution in [0.15, 0.2) is 42.1 Å². The van der Waals surface area contributed by atoms with Crippen LogP contribution >= 0.6 is 0 Å². The van der Waals surface area contributed by atoms with Crippen molar-refractivity contribution >= 4 is 28.0 Å². The highest BCUT2D eigenvalue weighted by Gasteiger charge is 2.33. The van der Waals surface area contributed by atoms with E-state index in [-0.39, 0.29) is 0 Å². The highest BCUT2D eigenvalue weighted by Crippen LogP contribution is 2.31. The van der Waals surface area contributed by atoms with Crippen LogP contribution in [0, 0.1) is 0 Å². The zero-order chi connectivity index (χ0) is 18.5. The summed E-state index contributed by atoms with van der Waals surface area (Å²) in [6.07, 6.45) is 4.06. The van der Waals surface area contributed by atoms with Crippen molar-refractivity contribution in [1.29, 1.82) is 0 Å². The van der Waals surface area contributed by atoms with Crippen LogP contribution in [-0.2, 0) is 4.79 Å². The summed E-state index contributed by atoms with van der Waals surface area (Å²) in [4.78, 5) is 25.5. The van der Waals surface area contributed by atoms with Crippen molar-refractivity contribution in [1.82, 2.24) is 10.6 Å². The van der Waals surface area contributed by atoms with Gasteiger partial charge in [-0.3, -0.25) is 9.59 Å². The number of hydrogen-bond acceptors (Lipinski definition) is 4. The Labute approximate surface area is 154 Å². The van der Waals surface area contributed by atoms with Gasteiger partial charge < -0.3 is 10.6 Å². The Bertz CT molecular complexity index is 868. The standard InChI is InChI=1S/C22H26N2O2/c1-3-5-11-23-19-17-13-15-9-7-8-10-16(15)14-18(17)21(25)22(26)20(19)24-12-6-4-2/h7-10,13-14,23-24H,3-6,11-12H2,1-2H3. The summed E-state index contributed by atoms with van der Waals surface area (Å²) in [6.45, 7) is 5.70. The first-order chi connectivity index (χ1) is 12.7. The van der Waals surface area contributed by atoms with Crippen LogP contribution < -0.4 is 10.6 Å². The van der Waals surface area contributed by atoms with Crippen molar-refractivity contribution in [3.05, 3.63) is 53.2 Å². The Kier molecular flexibility index (Phi) is 5.71. The van der Waals surface area contributed by atoms with Gasteiger partial charge in [-0.25, -0.2) is 0 Å². The SMILES string of the molecule is CCCCNC1=C(NCCCC)c2cc3ccccc3cc2C(=O)C1=O. The molecule has 0 unspecified atom stereocenters. The molecule has 0 fully saturated rings. The van der Waals surface area contributed by atoms with Crippen molar-refractivity contribution in [3.63, 3.8) is 0 Å². The molecule has 0 aromatic heterocycles. The Morgan fingerprint density at radius 1 is 0.731 bits per heavy atom. The molecule has 1 aliphatic rings. The normalized spacial score (nSPS) is 13.9. The monoisotopic (exact) mass is 350 g/mol. The van der Waals surface area contributed by atoms with Gasteiger partial charge in [-0.05, 0) is 35.7 Å². The number of rotatable bonds is 8. The average Bonchev–Trinajstić information content (AvgIpc) is 2.66. The fourth-order valence-corrected chi connectivity index (χ4v) is 3.25. The lowest BCUT2D eigenvalue weighted by Gasteiger charge is -2.24. The molecule has 0 saturated carbocycles. The Balaban J connectivity index is 2.11. The predicted molar refractivity (Wildman–Crippen MR) is 106 cm³/mol. The Morgan fingerprint density at radius 2 is 1.27 bits per heavy atom. The number of carbonyl (C=O) groups excluding carboxylic acids is 2. The number of ketones is 2. The van der Waals surface area contributed by atoms with E-state index in [4.69, 9.17) is 0 Å². The molecule has 2 N–H and O–H groups in total. The first-order valence-electron chi connectivity index (χ1n) is 9.51. The maximum absolute atomic E-state index is 12.8. The van der Waals surface area contributed by atoms with Crippen molar-refractivity contribution in [2.75, 3.05) is 13.1 Å². The van der Waals surface area contributed by atoms with E-state index in [1.807, 2.05) is 36.4 Å². The first kappa shape index (κ1) is 18.2. The smallest absolute Gasteiger partial charge is 0.251 e. The highest BCUT2D eigenvalue weighted by atomic mass is 16.2. The van der Waals surface area contributed by atoms with Crippen LogP contribution in [0.1, 0.15) is 55.5 Å². The van der Waals surface area contributed by atoms with Crippen LogP contribution in [0.2, 0.25) is 0 Å². The van der Waals surface area contributed by atoms with E-state index in [9.17, 15) is 9.59 Å². The molecule has 0 saturated heterocycles. The summed E-state index contributed by atoms with van der Waals surface area (Å²) in [5.74, 6) is -0.867. The number of benzene rings is 2. The van der Waals surface area contributed by atoms with Crippen LogP contribution in [0.5, 0.6) is 0 Å².